The fraction of sp³-hybridized carbons (Fsp3) is 0. The summed E-state index contributed by atoms with van der Waals surface area (Å²) in [4.78, 5) is 21.2. The minimum Gasteiger partial charge on any atom is -0.319 e. The molecule has 0 saturated heterocycles. The lowest BCUT2D eigenvalue weighted by molar-refractivity contribution is 0.102. The van der Waals surface area contributed by atoms with Crippen LogP contribution in [-0.4, -0.2) is 20.4 Å². The van der Waals surface area contributed by atoms with Gasteiger partial charge in [0.25, 0.3) is 5.91 Å². The molecule has 0 aliphatic heterocycles. The number of nitrogens with one attached hydrogen (secondary N) is 1. The van der Waals surface area contributed by atoms with Crippen LogP contribution in [-0.2, 0) is 0 Å². The van der Waals surface area contributed by atoms with Gasteiger partial charge in [-0.25, -0.2) is 4.98 Å². The Labute approximate surface area is 138 Å². The Bertz CT molecular complexity index is 1000. The van der Waals surface area contributed by atoms with E-state index in [1.807, 2.05) is 60.7 Å². The van der Waals surface area contributed by atoms with Crippen molar-refractivity contribution in [1.29, 1.82) is 0 Å². The molecular formula is C19H14N4O. The number of imidazole rings is 1. The van der Waals surface area contributed by atoms with Crippen molar-refractivity contribution in [3.63, 3.8) is 0 Å². The topological polar surface area (TPSA) is 59.8 Å². The fourth-order valence-corrected chi connectivity index (χ4v) is 2.65. The molecule has 0 unspecified atom stereocenters. The lowest BCUT2D eigenvalue weighted by Crippen LogP contribution is -2.16. The Morgan fingerprint density at radius 1 is 0.958 bits per heavy atom. The summed E-state index contributed by atoms with van der Waals surface area (Å²) >= 11 is 0. The first-order valence-corrected chi connectivity index (χ1v) is 7.56. The molecule has 2 heterocycles. The summed E-state index contributed by atoms with van der Waals surface area (Å²) in [6.07, 6.45) is 4.90. The molecule has 0 spiro atoms. The van der Waals surface area contributed by atoms with Crippen LogP contribution in [0.3, 0.4) is 0 Å². The molecule has 0 radical (unpaired) electrons. The summed E-state index contributed by atoms with van der Waals surface area (Å²) in [6, 6.07) is 19.2. The van der Waals surface area contributed by atoms with Crippen LogP contribution in [0.1, 0.15) is 10.5 Å². The van der Waals surface area contributed by atoms with Gasteiger partial charge in [-0.1, -0.05) is 36.4 Å². The molecule has 0 aliphatic rings. The maximum Gasteiger partial charge on any atom is 0.274 e. The molecule has 0 atom stereocenters. The number of anilines is 1. The molecule has 0 saturated carbocycles. The van der Waals surface area contributed by atoms with E-state index >= 15 is 0 Å². The molecular weight excluding hydrogens is 300 g/mol. The number of amides is 1. The van der Waals surface area contributed by atoms with Crippen molar-refractivity contribution < 1.29 is 4.79 Å². The number of benzene rings is 2. The number of fused-ring (bicyclic) bond motifs is 1. The van der Waals surface area contributed by atoms with Crippen LogP contribution in [0, 0.1) is 0 Å². The monoisotopic (exact) mass is 314 g/mol. The number of hydrogen-bond donors (Lipinski definition) is 1. The van der Waals surface area contributed by atoms with Gasteiger partial charge in [0.1, 0.15) is 5.69 Å². The number of nitrogens with zero attached hydrogens (tertiary/aromatic N) is 3. The van der Waals surface area contributed by atoms with Crippen molar-refractivity contribution in [2.45, 2.75) is 0 Å². The Balaban J connectivity index is 1.70. The SMILES string of the molecule is O=C(Nc1cccc2cccnc12)c1cncn1-c1ccccc1. The van der Waals surface area contributed by atoms with Crippen LogP contribution in [0.25, 0.3) is 16.6 Å². The second-order valence-corrected chi connectivity index (χ2v) is 5.32. The minimum absolute atomic E-state index is 0.227. The maximum atomic E-state index is 12.7. The highest BCUT2D eigenvalue weighted by Gasteiger charge is 2.14. The number of carbonyl (C=O) groups excluding carboxylic acids is 1. The van der Waals surface area contributed by atoms with Gasteiger partial charge in [-0.2, -0.15) is 0 Å². The zero-order valence-electron chi connectivity index (χ0n) is 12.8. The zero-order chi connectivity index (χ0) is 16.4. The Hall–Kier alpha value is -3.47. The van der Waals surface area contributed by atoms with Crippen molar-refractivity contribution >= 4 is 22.5 Å². The summed E-state index contributed by atoms with van der Waals surface area (Å²) in [7, 11) is 0. The molecule has 24 heavy (non-hydrogen) atoms. The van der Waals surface area contributed by atoms with Crippen molar-refractivity contribution in [3.05, 3.63) is 85.1 Å². The number of hydrogen-bond acceptors (Lipinski definition) is 3. The average molecular weight is 314 g/mol. The highest BCUT2D eigenvalue weighted by molar-refractivity contribution is 6.07. The van der Waals surface area contributed by atoms with Crippen LogP contribution < -0.4 is 5.32 Å². The van der Waals surface area contributed by atoms with Gasteiger partial charge in [-0.3, -0.25) is 14.3 Å². The molecule has 1 amide bonds. The van der Waals surface area contributed by atoms with E-state index in [0.717, 1.165) is 16.6 Å². The molecule has 5 heteroatoms. The molecule has 0 fully saturated rings. The first-order valence-electron chi connectivity index (χ1n) is 7.56. The fourth-order valence-electron chi connectivity index (χ4n) is 2.65. The van der Waals surface area contributed by atoms with E-state index in [9.17, 15) is 4.79 Å². The Morgan fingerprint density at radius 2 is 1.79 bits per heavy atom. The first kappa shape index (κ1) is 14.1. The molecule has 0 bridgehead atoms. The lowest BCUT2D eigenvalue weighted by Gasteiger charge is -2.10. The zero-order valence-corrected chi connectivity index (χ0v) is 12.8. The molecule has 116 valence electrons. The second-order valence-electron chi connectivity index (χ2n) is 5.32. The molecule has 1 N–H and O–H groups in total. The van der Waals surface area contributed by atoms with Crippen molar-refractivity contribution in [3.8, 4) is 5.69 Å². The number of para-hydroxylation sites is 2. The largest absolute Gasteiger partial charge is 0.319 e. The van der Waals surface area contributed by atoms with Gasteiger partial charge >= 0.3 is 0 Å². The van der Waals surface area contributed by atoms with Gasteiger partial charge in [0.2, 0.25) is 0 Å². The predicted octanol–water partition coefficient (Wildman–Crippen LogP) is 3.67. The number of rotatable bonds is 3. The Morgan fingerprint density at radius 3 is 2.67 bits per heavy atom. The number of carbonyl (C=O) groups is 1. The van der Waals surface area contributed by atoms with Gasteiger partial charge in [-0.05, 0) is 24.3 Å². The molecule has 4 rings (SSSR count). The minimum atomic E-state index is -0.227. The second kappa shape index (κ2) is 5.96. The lowest BCUT2D eigenvalue weighted by atomic mass is 10.2. The maximum absolute atomic E-state index is 12.7. The average Bonchev–Trinajstić information content (AvgIpc) is 3.13. The third-order valence-corrected chi connectivity index (χ3v) is 3.79. The van der Waals surface area contributed by atoms with Crippen LogP contribution in [0.15, 0.2) is 79.4 Å². The van der Waals surface area contributed by atoms with E-state index in [0.29, 0.717) is 11.4 Å². The summed E-state index contributed by atoms with van der Waals surface area (Å²) in [5.74, 6) is -0.227. The number of aromatic nitrogens is 3. The first-order chi connectivity index (χ1) is 11.8. The smallest absolute Gasteiger partial charge is 0.274 e. The molecule has 2 aromatic heterocycles. The molecule has 0 aliphatic carbocycles. The third-order valence-electron chi connectivity index (χ3n) is 3.79. The normalized spacial score (nSPS) is 10.7. The highest BCUT2D eigenvalue weighted by atomic mass is 16.2. The third kappa shape index (κ3) is 2.52. The van der Waals surface area contributed by atoms with E-state index < -0.39 is 0 Å². The summed E-state index contributed by atoms with van der Waals surface area (Å²) < 4.78 is 1.76. The predicted molar refractivity (Wildman–Crippen MR) is 93.3 cm³/mol. The Kier molecular flexibility index (Phi) is 3.51. The molecule has 5 nitrogen and oxygen atoms in total. The summed E-state index contributed by atoms with van der Waals surface area (Å²) in [5.41, 5.74) is 2.79. The summed E-state index contributed by atoms with van der Waals surface area (Å²) in [6.45, 7) is 0. The van der Waals surface area contributed by atoms with Crippen LogP contribution in [0.5, 0.6) is 0 Å². The van der Waals surface area contributed by atoms with Gasteiger partial charge in [-0.15, -0.1) is 0 Å². The van der Waals surface area contributed by atoms with E-state index in [4.69, 9.17) is 0 Å². The van der Waals surface area contributed by atoms with Gasteiger partial charge in [0.05, 0.1) is 23.7 Å². The van der Waals surface area contributed by atoms with Crippen LogP contribution in [0.2, 0.25) is 0 Å². The van der Waals surface area contributed by atoms with E-state index in [1.54, 1.807) is 23.3 Å². The van der Waals surface area contributed by atoms with Crippen LogP contribution in [0.4, 0.5) is 5.69 Å². The summed E-state index contributed by atoms with van der Waals surface area (Å²) in [5, 5.41) is 3.91. The van der Waals surface area contributed by atoms with Crippen molar-refractivity contribution in [1.82, 2.24) is 14.5 Å². The van der Waals surface area contributed by atoms with Crippen molar-refractivity contribution in [2.75, 3.05) is 5.32 Å². The van der Waals surface area contributed by atoms with Gasteiger partial charge in [0.15, 0.2) is 0 Å². The van der Waals surface area contributed by atoms with Gasteiger partial charge < -0.3 is 5.32 Å². The van der Waals surface area contributed by atoms with E-state index in [-0.39, 0.29) is 5.91 Å². The van der Waals surface area contributed by atoms with Crippen molar-refractivity contribution in [2.24, 2.45) is 0 Å². The molecule has 4 aromatic rings. The molecule has 2 aromatic carbocycles. The van der Waals surface area contributed by atoms with Gasteiger partial charge in [0, 0.05) is 17.3 Å². The standard InChI is InChI=1S/C19H14N4O/c24-19(17-12-20-13-23(17)15-8-2-1-3-9-15)22-16-10-4-6-14-7-5-11-21-18(14)16/h1-13H,(H,22,24). The van der Waals surface area contributed by atoms with E-state index in [2.05, 4.69) is 15.3 Å². The van der Waals surface area contributed by atoms with Crippen LogP contribution >= 0.6 is 0 Å². The number of pyridine rings is 1. The quantitative estimate of drug-likeness (QED) is 0.627. The van der Waals surface area contributed by atoms with E-state index in [1.165, 1.54) is 0 Å². The highest BCUT2D eigenvalue weighted by Crippen LogP contribution is 2.21.